The van der Waals surface area contributed by atoms with E-state index in [1.54, 1.807) is 0 Å². The molecule has 0 radical (unpaired) electrons. The third-order valence-corrected chi connectivity index (χ3v) is 4.36. The van der Waals surface area contributed by atoms with Gasteiger partial charge in [-0.05, 0) is 37.1 Å². The summed E-state index contributed by atoms with van der Waals surface area (Å²) in [5, 5.41) is 0. The molecular formula is C20H23NO3. The van der Waals surface area contributed by atoms with Crippen molar-refractivity contribution in [1.29, 1.82) is 0 Å². The Morgan fingerprint density at radius 3 is 2.75 bits per heavy atom. The Morgan fingerprint density at radius 2 is 2.00 bits per heavy atom. The van der Waals surface area contributed by atoms with Gasteiger partial charge in [0.25, 0.3) is 5.91 Å². The van der Waals surface area contributed by atoms with Crippen LogP contribution in [0.25, 0.3) is 0 Å². The minimum absolute atomic E-state index is 0.00626. The van der Waals surface area contributed by atoms with Crippen LogP contribution in [0.3, 0.4) is 0 Å². The van der Waals surface area contributed by atoms with Gasteiger partial charge in [-0.25, -0.2) is 0 Å². The van der Waals surface area contributed by atoms with Crippen molar-refractivity contribution in [3.63, 3.8) is 0 Å². The molecule has 2 aromatic carbocycles. The van der Waals surface area contributed by atoms with Crippen LogP contribution in [0, 0.1) is 6.92 Å². The molecule has 126 valence electrons. The van der Waals surface area contributed by atoms with Gasteiger partial charge in [0.05, 0.1) is 12.6 Å². The predicted molar refractivity (Wildman–Crippen MR) is 93.0 cm³/mol. The molecule has 0 N–H and O–H groups in total. The van der Waals surface area contributed by atoms with E-state index in [0.717, 1.165) is 16.9 Å². The van der Waals surface area contributed by atoms with Gasteiger partial charge in [0.1, 0.15) is 11.9 Å². The minimum Gasteiger partial charge on any atom is -0.484 e. The summed E-state index contributed by atoms with van der Waals surface area (Å²) in [5.74, 6) is 0.720. The molecule has 2 aromatic rings. The van der Waals surface area contributed by atoms with Gasteiger partial charge in [0.15, 0.2) is 6.61 Å². The van der Waals surface area contributed by atoms with Crippen molar-refractivity contribution >= 4 is 5.91 Å². The first-order chi connectivity index (χ1) is 11.6. The molecule has 24 heavy (non-hydrogen) atoms. The molecule has 4 nitrogen and oxygen atoms in total. The summed E-state index contributed by atoms with van der Waals surface area (Å²) in [7, 11) is 0. The van der Waals surface area contributed by atoms with Gasteiger partial charge in [-0.3, -0.25) is 4.79 Å². The summed E-state index contributed by atoms with van der Waals surface area (Å²) in [4.78, 5) is 14.4. The van der Waals surface area contributed by atoms with Crippen molar-refractivity contribution in [3.05, 3.63) is 65.7 Å². The minimum atomic E-state index is -0.0946. The average molecular weight is 325 g/mol. The Kier molecular flexibility index (Phi) is 5.16. The van der Waals surface area contributed by atoms with E-state index >= 15 is 0 Å². The van der Waals surface area contributed by atoms with Crippen molar-refractivity contribution in [2.45, 2.75) is 26.0 Å². The smallest absolute Gasteiger partial charge is 0.260 e. The molecule has 0 spiro atoms. The second kappa shape index (κ2) is 7.49. The molecule has 0 aromatic heterocycles. The van der Waals surface area contributed by atoms with Crippen molar-refractivity contribution in [2.24, 2.45) is 0 Å². The Balaban J connectivity index is 1.64. The van der Waals surface area contributed by atoms with Crippen LogP contribution >= 0.6 is 0 Å². The van der Waals surface area contributed by atoms with Crippen molar-refractivity contribution in [2.75, 3.05) is 19.8 Å². The maximum Gasteiger partial charge on any atom is 0.260 e. The highest BCUT2D eigenvalue weighted by Crippen LogP contribution is 2.28. The van der Waals surface area contributed by atoms with E-state index in [2.05, 4.69) is 0 Å². The largest absolute Gasteiger partial charge is 0.484 e. The van der Waals surface area contributed by atoms with E-state index in [9.17, 15) is 4.79 Å². The molecule has 4 heteroatoms. The lowest BCUT2D eigenvalue weighted by Gasteiger charge is -2.39. The van der Waals surface area contributed by atoms with E-state index in [-0.39, 0.29) is 24.7 Å². The second-order valence-corrected chi connectivity index (χ2v) is 6.13. The molecule has 0 bridgehead atoms. The number of hydrogen-bond acceptors (Lipinski definition) is 3. The molecule has 2 unspecified atom stereocenters. The lowest BCUT2D eigenvalue weighted by atomic mass is 10.0. The highest BCUT2D eigenvalue weighted by atomic mass is 16.5. The normalized spacial score (nSPS) is 20.7. The number of aryl methyl sites for hydroxylation is 1. The average Bonchev–Trinajstić information content (AvgIpc) is 2.61. The molecule has 2 atom stereocenters. The van der Waals surface area contributed by atoms with Gasteiger partial charge in [0, 0.05) is 6.54 Å². The molecule has 1 aliphatic rings. The van der Waals surface area contributed by atoms with Crippen molar-refractivity contribution in [1.82, 2.24) is 4.90 Å². The zero-order chi connectivity index (χ0) is 16.9. The quantitative estimate of drug-likeness (QED) is 0.865. The summed E-state index contributed by atoms with van der Waals surface area (Å²) < 4.78 is 11.6. The first-order valence-corrected chi connectivity index (χ1v) is 8.30. The Labute approximate surface area is 143 Å². The van der Waals surface area contributed by atoms with Crippen LogP contribution in [0.4, 0.5) is 0 Å². The Hall–Kier alpha value is -2.33. The predicted octanol–water partition coefficient (Wildman–Crippen LogP) is 3.36. The molecule has 1 amide bonds. The van der Waals surface area contributed by atoms with Gasteiger partial charge in [-0.1, -0.05) is 42.5 Å². The molecule has 1 aliphatic heterocycles. The number of carbonyl (C=O) groups excluding carboxylic acids is 1. The zero-order valence-corrected chi connectivity index (χ0v) is 14.1. The number of hydrogen-bond donors (Lipinski definition) is 0. The molecule has 3 rings (SSSR count). The standard InChI is InChI=1S/C20H23NO3/c1-15-7-6-10-18(13-15)24-14-19(22)21-11-12-23-20(16(21)2)17-8-4-3-5-9-17/h3-10,13,16,20H,11-12,14H2,1-2H3. The van der Waals surface area contributed by atoms with Crippen LogP contribution in [0.1, 0.15) is 24.2 Å². The van der Waals surface area contributed by atoms with Crippen LogP contribution < -0.4 is 4.74 Å². The third kappa shape index (κ3) is 3.77. The lowest BCUT2D eigenvalue weighted by molar-refractivity contribution is -0.147. The highest BCUT2D eigenvalue weighted by molar-refractivity contribution is 5.78. The maximum absolute atomic E-state index is 12.6. The van der Waals surface area contributed by atoms with Gasteiger partial charge in [0.2, 0.25) is 0 Å². The first-order valence-electron chi connectivity index (χ1n) is 8.30. The molecule has 0 saturated carbocycles. The Morgan fingerprint density at radius 1 is 1.21 bits per heavy atom. The van der Waals surface area contributed by atoms with E-state index in [4.69, 9.17) is 9.47 Å². The molecule has 0 aliphatic carbocycles. The van der Waals surface area contributed by atoms with Crippen LogP contribution in [-0.2, 0) is 9.53 Å². The van der Waals surface area contributed by atoms with E-state index in [1.165, 1.54) is 0 Å². The van der Waals surface area contributed by atoms with Gasteiger partial charge >= 0.3 is 0 Å². The second-order valence-electron chi connectivity index (χ2n) is 6.13. The van der Waals surface area contributed by atoms with Crippen LogP contribution in [0.15, 0.2) is 54.6 Å². The van der Waals surface area contributed by atoms with E-state index < -0.39 is 0 Å². The first kappa shape index (κ1) is 16.5. The topological polar surface area (TPSA) is 38.8 Å². The lowest BCUT2D eigenvalue weighted by Crippen LogP contribution is -2.50. The van der Waals surface area contributed by atoms with E-state index in [0.29, 0.717) is 13.2 Å². The van der Waals surface area contributed by atoms with Crippen molar-refractivity contribution < 1.29 is 14.3 Å². The fourth-order valence-corrected chi connectivity index (χ4v) is 3.09. The zero-order valence-electron chi connectivity index (χ0n) is 14.1. The summed E-state index contributed by atoms with van der Waals surface area (Å²) in [6.07, 6.45) is -0.0946. The number of ether oxygens (including phenoxy) is 2. The van der Waals surface area contributed by atoms with Crippen molar-refractivity contribution in [3.8, 4) is 5.75 Å². The molecular weight excluding hydrogens is 302 g/mol. The van der Waals surface area contributed by atoms with Gasteiger partial charge in [-0.2, -0.15) is 0 Å². The number of rotatable bonds is 4. The van der Waals surface area contributed by atoms with Crippen LogP contribution in [0.5, 0.6) is 5.75 Å². The summed E-state index contributed by atoms with van der Waals surface area (Å²) in [6.45, 7) is 5.22. The van der Waals surface area contributed by atoms with Crippen LogP contribution in [0.2, 0.25) is 0 Å². The SMILES string of the molecule is Cc1cccc(OCC(=O)N2CCOC(c3ccccc3)C2C)c1. The number of carbonyl (C=O) groups is 1. The molecule has 1 saturated heterocycles. The monoisotopic (exact) mass is 325 g/mol. The van der Waals surface area contributed by atoms with E-state index in [1.807, 2.05) is 73.3 Å². The molecule has 1 heterocycles. The number of nitrogens with zero attached hydrogens (tertiary/aromatic N) is 1. The fourth-order valence-electron chi connectivity index (χ4n) is 3.09. The highest BCUT2D eigenvalue weighted by Gasteiger charge is 2.32. The van der Waals surface area contributed by atoms with Gasteiger partial charge < -0.3 is 14.4 Å². The summed E-state index contributed by atoms with van der Waals surface area (Å²) in [6, 6.07) is 17.8. The van der Waals surface area contributed by atoms with Gasteiger partial charge in [-0.15, -0.1) is 0 Å². The molecule has 1 fully saturated rings. The van der Waals surface area contributed by atoms with Crippen LogP contribution in [-0.4, -0.2) is 36.6 Å². The number of benzene rings is 2. The summed E-state index contributed by atoms with van der Waals surface area (Å²) in [5.41, 5.74) is 2.21. The maximum atomic E-state index is 12.6. The summed E-state index contributed by atoms with van der Waals surface area (Å²) >= 11 is 0. The number of amides is 1. The third-order valence-electron chi connectivity index (χ3n) is 4.36. The fraction of sp³-hybridized carbons (Fsp3) is 0.350. The Bertz CT molecular complexity index is 686. The number of morpholine rings is 1.